The van der Waals surface area contributed by atoms with Crippen molar-refractivity contribution in [1.82, 2.24) is 0 Å². The summed E-state index contributed by atoms with van der Waals surface area (Å²) in [4.78, 5) is 11.8. The lowest BCUT2D eigenvalue weighted by molar-refractivity contribution is 0.0527. The molecule has 0 saturated carbocycles. The van der Waals surface area contributed by atoms with Crippen LogP contribution >= 0.6 is 0 Å². The Bertz CT molecular complexity index is 651. The second kappa shape index (κ2) is 6.26. The van der Waals surface area contributed by atoms with Crippen LogP contribution in [0.4, 0.5) is 21.5 Å². The fraction of sp³-hybridized carbons (Fsp3) is 0.188. The molecule has 0 fully saturated rings. The Morgan fingerprint density at radius 2 is 2.10 bits per heavy atom. The molecular weight excluding hydrogens is 271 g/mol. The highest BCUT2D eigenvalue weighted by molar-refractivity contribution is 5.96. The molecule has 0 aromatic heterocycles. The minimum Gasteiger partial charge on any atom is -0.462 e. The summed E-state index contributed by atoms with van der Waals surface area (Å²) >= 11 is 0. The van der Waals surface area contributed by atoms with Gasteiger partial charge in [-0.1, -0.05) is 12.1 Å². The minimum absolute atomic E-state index is 0.260. The molecule has 2 aromatic carbocycles. The first-order valence-electron chi connectivity index (χ1n) is 6.61. The Labute approximate surface area is 122 Å². The lowest BCUT2D eigenvalue weighted by Crippen LogP contribution is -2.08. The molecule has 0 aliphatic rings. The molecule has 0 atom stereocenters. The number of carbonyl (C=O) groups is 1. The first kappa shape index (κ1) is 14.8. The summed E-state index contributed by atoms with van der Waals surface area (Å²) < 4.78 is 18.8. The molecule has 3 N–H and O–H groups in total. The highest BCUT2D eigenvalue weighted by Gasteiger charge is 2.13. The normalized spacial score (nSPS) is 10.2. The molecular formula is C16H17FN2O2. The maximum atomic E-state index is 13.8. The Kier molecular flexibility index (Phi) is 4.42. The van der Waals surface area contributed by atoms with Crippen molar-refractivity contribution in [3.8, 4) is 0 Å². The number of rotatable bonds is 4. The van der Waals surface area contributed by atoms with E-state index in [2.05, 4.69) is 5.32 Å². The van der Waals surface area contributed by atoms with E-state index in [1.54, 1.807) is 44.2 Å². The molecule has 0 radical (unpaired) electrons. The number of hydrogen-bond donors (Lipinski definition) is 2. The van der Waals surface area contributed by atoms with Gasteiger partial charge in [-0.3, -0.25) is 0 Å². The molecule has 4 nitrogen and oxygen atoms in total. The molecule has 0 heterocycles. The van der Waals surface area contributed by atoms with E-state index in [1.807, 2.05) is 0 Å². The largest absolute Gasteiger partial charge is 0.462 e. The third kappa shape index (κ3) is 3.31. The SMILES string of the molecule is CCOC(=O)c1cc(Nc2c(C)cccc2F)ccc1N. The van der Waals surface area contributed by atoms with E-state index in [1.165, 1.54) is 6.07 Å². The fourth-order valence-electron chi connectivity index (χ4n) is 1.95. The van der Waals surface area contributed by atoms with E-state index in [0.717, 1.165) is 5.56 Å². The van der Waals surface area contributed by atoms with Gasteiger partial charge in [-0.15, -0.1) is 0 Å². The van der Waals surface area contributed by atoms with Gasteiger partial charge in [0.25, 0.3) is 0 Å². The van der Waals surface area contributed by atoms with Gasteiger partial charge in [0.2, 0.25) is 0 Å². The molecule has 21 heavy (non-hydrogen) atoms. The molecule has 0 aliphatic carbocycles. The van der Waals surface area contributed by atoms with Gasteiger partial charge in [-0.2, -0.15) is 0 Å². The summed E-state index contributed by atoms with van der Waals surface area (Å²) in [6.45, 7) is 3.79. The Balaban J connectivity index is 2.33. The first-order chi connectivity index (χ1) is 10.0. The van der Waals surface area contributed by atoms with Gasteiger partial charge in [0.1, 0.15) is 5.82 Å². The molecule has 0 aliphatic heterocycles. The number of nitrogens with two attached hydrogens (primary N) is 1. The number of esters is 1. The molecule has 0 bridgehead atoms. The molecule has 2 aromatic rings. The molecule has 110 valence electrons. The number of hydrogen-bond acceptors (Lipinski definition) is 4. The quantitative estimate of drug-likeness (QED) is 0.666. The van der Waals surface area contributed by atoms with Gasteiger partial charge >= 0.3 is 5.97 Å². The van der Waals surface area contributed by atoms with E-state index < -0.39 is 5.97 Å². The van der Waals surface area contributed by atoms with Crippen molar-refractivity contribution in [2.24, 2.45) is 0 Å². The van der Waals surface area contributed by atoms with E-state index in [-0.39, 0.29) is 18.0 Å². The Hall–Kier alpha value is -2.56. The maximum absolute atomic E-state index is 13.8. The fourth-order valence-corrected chi connectivity index (χ4v) is 1.95. The van der Waals surface area contributed by atoms with Crippen molar-refractivity contribution in [3.05, 3.63) is 53.3 Å². The zero-order chi connectivity index (χ0) is 15.4. The number of benzene rings is 2. The number of nitrogens with one attached hydrogen (secondary N) is 1. The van der Waals surface area contributed by atoms with E-state index >= 15 is 0 Å². The van der Waals surface area contributed by atoms with Gasteiger partial charge in [-0.25, -0.2) is 9.18 Å². The monoisotopic (exact) mass is 288 g/mol. The van der Waals surface area contributed by atoms with Crippen LogP contribution in [0.3, 0.4) is 0 Å². The standard InChI is InChI=1S/C16H17FN2O2/c1-3-21-16(20)12-9-11(7-8-14(12)18)19-15-10(2)5-4-6-13(15)17/h4-9,19H,3,18H2,1-2H3. The maximum Gasteiger partial charge on any atom is 0.340 e. The number of halogens is 1. The minimum atomic E-state index is -0.496. The van der Waals surface area contributed by atoms with Gasteiger partial charge in [0.05, 0.1) is 17.9 Å². The average Bonchev–Trinajstić information content (AvgIpc) is 2.45. The molecule has 2 rings (SSSR count). The van der Waals surface area contributed by atoms with Crippen LogP contribution in [-0.2, 0) is 4.74 Å². The van der Waals surface area contributed by atoms with Gasteiger partial charge in [-0.05, 0) is 43.7 Å². The van der Waals surface area contributed by atoms with Crippen LogP contribution in [0.1, 0.15) is 22.8 Å². The van der Waals surface area contributed by atoms with E-state index in [0.29, 0.717) is 17.1 Å². The van der Waals surface area contributed by atoms with Crippen molar-refractivity contribution >= 4 is 23.0 Å². The predicted molar refractivity (Wildman–Crippen MR) is 81.2 cm³/mol. The number of para-hydroxylation sites is 1. The van der Waals surface area contributed by atoms with Crippen molar-refractivity contribution < 1.29 is 13.9 Å². The van der Waals surface area contributed by atoms with Gasteiger partial charge in [0.15, 0.2) is 0 Å². The number of anilines is 3. The second-order valence-corrected chi connectivity index (χ2v) is 4.58. The first-order valence-corrected chi connectivity index (χ1v) is 6.61. The van der Waals surface area contributed by atoms with Crippen LogP contribution < -0.4 is 11.1 Å². The third-order valence-corrected chi connectivity index (χ3v) is 3.04. The predicted octanol–water partition coefficient (Wildman–Crippen LogP) is 3.64. The average molecular weight is 288 g/mol. The second-order valence-electron chi connectivity index (χ2n) is 4.58. The Morgan fingerprint density at radius 1 is 1.33 bits per heavy atom. The lowest BCUT2D eigenvalue weighted by Gasteiger charge is -2.12. The van der Waals surface area contributed by atoms with Crippen LogP contribution in [0.5, 0.6) is 0 Å². The van der Waals surface area contributed by atoms with Crippen LogP contribution in [0, 0.1) is 12.7 Å². The summed E-state index contributed by atoms with van der Waals surface area (Å²) in [5.74, 6) is -0.853. The number of aryl methyl sites for hydroxylation is 1. The zero-order valence-corrected chi connectivity index (χ0v) is 11.9. The third-order valence-electron chi connectivity index (χ3n) is 3.04. The smallest absolute Gasteiger partial charge is 0.340 e. The zero-order valence-electron chi connectivity index (χ0n) is 11.9. The van der Waals surface area contributed by atoms with Crippen LogP contribution in [0.25, 0.3) is 0 Å². The lowest BCUT2D eigenvalue weighted by atomic mass is 10.1. The molecule has 0 spiro atoms. The van der Waals surface area contributed by atoms with Crippen molar-refractivity contribution in [1.29, 1.82) is 0 Å². The van der Waals surface area contributed by atoms with Gasteiger partial charge < -0.3 is 15.8 Å². The van der Waals surface area contributed by atoms with Crippen molar-refractivity contribution in [2.75, 3.05) is 17.7 Å². The summed E-state index contributed by atoms with van der Waals surface area (Å²) in [5.41, 5.74) is 8.06. The molecule has 0 amide bonds. The number of carbonyl (C=O) groups excluding carboxylic acids is 1. The van der Waals surface area contributed by atoms with Crippen molar-refractivity contribution in [2.45, 2.75) is 13.8 Å². The Morgan fingerprint density at radius 3 is 2.76 bits per heavy atom. The molecule has 0 saturated heterocycles. The molecule has 5 heteroatoms. The van der Waals surface area contributed by atoms with Crippen molar-refractivity contribution in [3.63, 3.8) is 0 Å². The van der Waals surface area contributed by atoms with E-state index in [4.69, 9.17) is 10.5 Å². The van der Waals surface area contributed by atoms with Gasteiger partial charge in [0, 0.05) is 11.4 Å². The summed E-state index contributed by atoms with van der Waals surface area (Å²) in [7, 11) is 0. The molecule has 0 unspecified atom stereocenters. The van der Waals surface area contributed by atoms with Crippen LogP contribution in [0.15, 0.2) is 36.4 Å². The van der Waals surface area contributed by atoms with E-state index in [9.17, 15) is 9.18 Å². The summed E-state index contributed by atoms with van der Waals surface area (Å²) in [6.07, 6.45) is 0. The summed E-state index contributed by atoms with van der Waals surface area (Å²) in [5, 5.41) is 2.97. The number of nitrogen functional groups attached to an aromatic ring is 1. The highest BCUT2D eigenvalue weighted by Crippen LogP contribution is 2.26. The van der Waals surface area contributed by atoms with Crippen LogP contribution in [-0.4, -0.2) is 12.6 Å². The topological polar surface area (TPSA) is 64.3 Å². The number of ether oxygens (including phenoxy) is 1. The summed E-state index contributed by atoms with van der Waals surface area (Å²) in [6, 6.07) is 9.64. The highest BCUT2D eigenvalue weighted by atomic mass is 19.1. The van der Waals surface area contributed by atoms with Crippen LogP contribution in [0.2, 0.25) is 0 Å².